The number of aromatic nitrogens is 1. The van der Waals surface area contributed by atoms with Gasteiger partial charge in [-0.05, 0) is 18.9 Å². The molecular weight excluding hydrogens is 263 g/mol. The highest BCUT2D eigenvalue weighted by molar-refractivity contribution is 7.07. The number of hydrogen-bond acceptors (Lipinski definition) is 3. The van der Waals surface area contributed by atoms with Gasteiger partial charge in [-0.3, -0.25) is 4.79 Å². The normalized spacial score (nSPS) is 16.1. The minimum Gasteiger partial charge on any atom is -0.346 e. The van der Waals surface area contributed by atoms with Crippen LogP contribution in [-0.4, -0.2) is 10.9 Å². The number of amides is 1. The van der Waals surface area contributed by atoms with Crippen LogP contribution in [0.15, 0.2) is 35.2 Å². The van der Waals surface area contributed by atoms with Gasteiger partial charge in [-0.25, -0.2) is 9.37 Å². The van der Waals surface area contributed by atoms with Gasteiger partial charge in [0, 0.05) is 10.9 Å². The fourth-order valence-electron chi connectivity index (χ4n) is 2.24. The third kappa shape index (κ3) is 2.51. The Morgan fingerprint density at radius 2 is 2.21 bits per heavy atom. The zero-order chi connectivity index (χ0) is 13.3. The van der Waals surface area contributed by atoms with Crippen molar-refractivity contribution in [2.24, 2.45) is 0 Å². The number of hydrogen-bond donors (Lipinski definition) is 1. The van der Waals surface area contributed by atoms with E-state index in [9.17, 15) is 9.18 Å². The van der Waals surface area contributed by atoms with Crippen LogP contribution in [-0.2, 0) is 16.8 Å². The maximum Gasteiger partial charge on any atom is 0.226 e. The van der Waals surface area contributed by atoms with Crippen LogP contribution >= 0.6 is 11.3 Å². The first-order valence-corrected chi connectivity index (χ1v) is 7.07. The van der Waals surface area contributed by atoms with E-state index in [1.165, 1.54) is 17.4 Å². The summed E-state index contributed by atoms with van der Waals surface area (Å²) in [5.41, 5.74) is 2.54. The molecule has 1 aromatic heterocycles. The van der Waals surface area contributed by atoms with E-state index in [1.54, 1.807) is 23.7 Å². The van der Waals surface area contributed by atoms with Crippen LogP contribution < -0.4 is 5.32 Å². The van der Waals surface area contributed by atoms with Crippen LogP contribution in [0.3, 0.4) is 0 Å². The molecule has 0 bridgehead atoms. The van der Waals surface area contributed by atoms with E-state index in [1.807, 2.05) is 5.38 Å². The first-order valence-electron chi connectivity index (χ1n) is 6.13. The highest BCUT2D eigenvalue weighted by Crippen LogP contribution is 2.46. The second kappa shape index (κ2) is 4.74. The maximum atomic E-state index is 13.8. The summed E-state index contributed by atoms with van der Waals surface area (Å²) in [4.78, 5) is 16.1. The molecule has 3 rings (SSSR count). The Morgan fingerprint density at radius 3 is 2.84 bits per heavy atom. The third-order valence-electron chi connectivity index (χ3n) is 3.34. The average molecular weight is 276 g/mol. The predicted octanol–water partition coefficient (Wildman–Crippen LogP) is 2.63. The van der Waals surface area contributed by atoms with Crippen molar-refractivity contribution >= 4 is 17.2 Å². The molecule has 0 radical (unpaired) electrons. The Bertz CT molecular complexity index is 593. The van der Waals surface area contributed by atoms with Crippen LogP contribution in [0.4, 0.5) is 4.39 Å². The fourth-order valence-corrected chi connectivity index (χ4v) is 2.79. The number of rotatable bonds is 4. The summed E-state index contributed by atoms with van der Waals surface area (Å²) in [6.45, 7) is 0. The second-order valence-corrected chi connectivity index (χ2v) is 5.49. The Morgan fingerprint density at radius 1 is 1.42 bits per heavy atom. The number of nitrogens with one attached hydrogen (secondary N) is 1. The molecule has 0 aliphatic heterocycles. The Kier molecular flexibility index (Phi) is 3.06. The topological polar surface area (TPSA) is 42.0 Å². The van der Waals surface area contributed by atoms with Gasteiger partial charge in [0.1, 0.15) is 5.82 Å². The maximum absolute atomic E-state index is 13.8. The van der Waals surface area contributed by atoms with Crippen molar-refractivity contribution in [2.75, 3.05) is 0 Å². The standard InChI is InChI=1S/C14H13FN2OS/c15-12-4-2-1-3-11(12)14(5-6-14)17-13(18)7-10-8-19-9-16-10/h1-4,8-9H,5-7H2,(H,17,18). The van der Waals surface area contributed by atoms with Gasteiger partial charge in [0.25, 0.3) is 0 Å². The van der Waals surface area contributed by atoms with E-state index in [4.69, 9.17) is 0 Å². The lowest BCUT2D eigenvalue weighted by atomic mass is 10.0. The van der Waals surface area contributed by atoms with Crippen LogP contribution in [0.1, 0.15) is 24.1 Å². The molecule has 1 saturated carbocycles. The van der Waals surface area contributed by atoms with Crippen LogP contribution in [0, 0.1) is 5.82 Å². The van der Waals surface area contributed by atoms with Gasteiger partial charge in [0.05, 0.1) is 23.2 Å². The van der Waals surface area contributed by atoms with Crippen molar-refractivity contribution in [1.82, 2.24) is 10.3 Å². The van der Waals surface area contributed by atoms with E-state index in [0.717, 1.165) is 18.5 Å². The summed E-state index contributed by atoms with van der Waals surface area (Å²) in [5, 5.41) is 4.80. The molecule has 1 aromatic carbocycles. The Balaban J connectivity index is 1.73. The van der Waals surface area contributed by atoms with E-state index in [2.05, 4.69) is 10.3 Å². The largest absolute Gasteiger partial charge is 0.346 e. The van der Waals surface area contributed by atoms with Crippen molar-refractivity contribution in [3.05, 3.63) is 52.2 Å². The molecular formula is C14H13FN2OS. The lowest BCUT2D eigenvalue weighted by Gasteiger charge is -2.18. The van der Waals surface area contributed by atoms with Gasteiger partial charge in [-0.1, -0.05) is 18.2 Å². The zero-order valence-electron chi connectivity index (χ0n) is 10.2. The highest BCUT2D eigenvalue weighted by atomic mass is 32.1. The minimum atomic E-state index is -0.502. The van der Waals surface area contributed by atoms with E-state index in [-0.39, 0.29) is 18.1 Å². The van der Waals surface area contributed by atoms with Crippen molar-refractivity contribution in [3.8, 4) is 0 Å². The van der Waals surface area contributed by atoms with E-state index >= 15 is 0 Å². The quantitative estimate of drug-likeness (QED) is 0.932. The molecule has 1 fully saturated rings. The summed E-state index contributed by atoms with van der Waals surface area (Å²) in [6, 6.07) is 6.63. The minimum absolute atomic E-state index is 0.105. The summed E-state index contributed by atoms with van der Waals surface area (Å²) < 4.78 is 13.8. The smallest absolute Gasteiger partial charge is 0.226 e. The van der Waals surface area contributed by atoms with Crippen LogP contribution in [0.25, 0.3) is 0 Å². The fraction of sp³-hybridized carbons (Fsp3) is 0.286. The first-order chi connectivity index (χ1) is 9.20. The van der Waals surface area contributed by atoms with E-state index < -0.39 is 5.54 Å². The molecule has 1 aliphatic rings. The Labute approximate surface area is 114 Å². The molecule has 19 heavy (non-hydrogen) atoms. The molecule has 1 aliphatic carbocycles. The molecule has 98 valence electrons. The SMILES string of the molecule is O=C(Cc1cscn1)NC1(c2ccccc2F)CC1. The molecule has 3 nitrogen and oxygen atoms in total. The number of carbonyl (C=O) groups is 1. The first kappa shape index (κ1) is 12.3. The van der Waals surface area contributed by atoms with Gasteiger partial charge in [-0.2, -0.15) is 0 Å². The summed E-state index contributed by atoms with van der Waals surface area (Å²) in [6.07, 6.45) is 1.83. The molecule has 0 unspecified atom stereocenters. The summed E-state index contributed by atoms with van der Waals surface area (Å²) in [7, 11) is 0. The van der Waals surface area contributed by atoms with Crippen molar-refractivity contribution in [2.45, 2.75) is 24.8 Å². The third-order valence-corrected chi connectivity index (χ3v) is 3.98. The average Bonchev–Trinajstić information content (AvgIpc) is 2.97. The van der Waals surface area contributed by atoms with Crippen molar-refractivity contribution < 1.29 is 9.18 Å². The van der Waals surface area contributed by atoms with Crippen molar-refractivity contribution in [3.63, 3.8) is 0 Å². The molecule has 0 saturated heterocycles. The van der Waals surface area contributed by atoms with Gasteiger partial charge in [0.2, 0.25) is 5.91 Å². The van der Waals surface area contributed by atoms with Crippen LogP contribution in [0.2, 0.25) is 0 Å². The molecule has 5 heteroatoms. The molecule has 1 N–H and O–H groups in total. The van der Waals surface area contributed by atoms with Gasteiger partial charge in [-0.15, -0.1) is 11.3 Å². The molecule has 0 atom stereocenters. The summed E-state index contributed by atoms with van der Waals surface area (Å²) >= 11 is 1.46. The number of benzene rings is 1. The van der Waals surface area contributed by atoms with Crippen molar-refractivity contribution in [1.29, 1.82) is 0 Å². The van der Waals surface area contributed by atoms with Gasteiger partial charge in [0.15, 0.2) is 0 Å². The van der Waals surface area contributed by atoms with Gasteiger partial charge >= 0.3 is 0 Å². The summed E-state index contributed by atoms with van der Waals surface area (Å²) in [5.74, 6) is -0.361. The predicted molar refractivity (Wildman–Crippen MR) is 71.3 cm³/mol. The number of nitrogens with zero attached hydrogens (tertiary/aromatic N) is 1. The molecule has 2 aromatic rings. The molecule has 1 amide bonds. The Hall–Kier alpha value is -1.75. The van der Waals surface area contributed by atoms with Gasteiger partial charge < -0.3 is 5.32 Å². The molecule has 0 spiro atoms. The number of carbonyl (C=O) groups excluding carboxylic acids is 1. The van der Waals surface area contributed by atoms with E-state index in [0.29, 0.717) is 5.56 Å². The lowest BCUT2D eigenvalue weighted by molar-refractivity contribution is -0.121. The lowest BCUT2D eigenvalue weighted by Crippen LogP contribution is -2.36. The van der Waals surface area contributed by atoms with Crippen LogP contribution in [0.5, 0.6) is 0 Å². The monoisotopic (exact) mass is 276 g/mol. The molecule has 1 heterocycles. The second-order valence-electron chi connectivity index (χ2n) is 4.77. The zero-order valence-corrected chi connectivity index (χ0v) is 11.0. The number of halogens is 1. The number of thiazole rings is 1. The highest BCUT2D eigenvalue weighted by Gasteiger charge is 2.47.